The first-order valence-electron chi connectivity index (χ1n) is 8.48. The Hall–Kier alpha value is -2.99. The summed E-state index contributed by atoms with van der Waals surface area (Å²) in [6.45, 7) is 0.694. The van der Waals surface area contributed by atoms with E-state index in [0.29, 0.717) is 23.3 Å². The molecule has 0 aliphatic carbocycles. The number of ether oxygens (including phenoxy) is 2. The fourth-order valence-electron chi connectivity index (χ4n) is 2.55. The van der Waals surface area contributed by atoms with Crippen LogP contribution in [0.3, 0.4) is 0 Å². The molecule has 7 heteroatoms. The van der Waals surface area contributed by atoms with Crippen molar-refractivity contribution < 1.29 is 9.47 Å². The molecule has 2 aromatic carbocycles. The average molecular weight is 385 g/mol. The van der Waals surface area contributed by atoms with Gasteiger partial charge in [0.15, 0.2) is 11.5 Å². The molecule has 0 saturated carbocycles. The summed E-state index contributed by atoms with van der Waals surface area (Å²) in [5.74, 6) is 2.72. The SMILES string of the molecule is COc1ccc(CCNc2nccc(Nc3ccc(Cl)cc3)n2)cc1OC. The van der Waals surface area contributed by atoms with Crippen molar-refractivity contribution in [1.82, 2.24) is 9.97 Å². The molecule has 0 saturated heterocycles. The molecule has 0 amide bonds. The highest BCUT2D eigenvalue weighted by molar-refractivity contribution is 6.30. The van der Waals surface area contributed by atoms with E-state index in [0.717, 1.165) is 29.2 Å². The summed E-state index contributed by atoms with van der Waals surface area (Å²) in [7, 11) is 3.26. The number of hydrogen-bond acceptors (Lipinski definition) is 6. The molecular formula is C20H21ClN4O2. The number of hydrogen-bond donors (Lipinski definition) is 2. The van der Waals surface area contributed by atoms with Gasteiger partial charge in [0, 0.05) is 23.5 Å². The van der Waals surface area contributed by atoms with Crippen LogP contribution in [0.15, 0.2) is 54.7 Å². The normalized spacial score (nSPS) is 10.3. The minimum absolute atomic E-state index is 0.564. The second-order valence-corrected chi connectivity index (χ2v) is 6.20. The smallest absolute Gasteiger partial charge is 0.224 e. The summed E-state index contributed by atoms with van der Waals surface area (Å²) in [5.41, 5.74) is 2.05. The Morgan fingerprint density at radius 1 is 0.963 bits per heavy atom. The third-order valence-corrected chi connectivity index (χ3v) is 4.17. The van der Waals surface area contributed by atoms with Crippen LogP contribution in [0.4, 0.5) is 17.5 Å². The van der Waals surface area contributed by atoms with Crippen molar-refractivity contribution in [2.75, 3.05) is 31.4 Å². The van der Waals surface area contributed by atoms with Gasteiger partial charge in [-0.25, -0.2) is 4.98 Å². The zero-order valence-electron chi connectivity index (χ0n) is 15.2. The lowest BCUT2D eigenvalue weighted by atomic mass is 10.1. The molecule has 3 rings (SSSR count). The van der Waals surface area contributed by atoms with Gasteiger partial charge in [-0.2, -0.15) is 4.98 Å². The highest BCUT2D eigenvalue weighted by atomic mass is 35.5. The van der Waals surface area contributed by atoms with Gasteiger partial charge in [0.2, 0.25) is 5.95 Å². The molecular weight excluding hydrogens is 364 g/mol. The van der Waals surface area contributed by atoms with Crippen LogP contribution >= 0.6 is 11.6 Å². The molecule has 0 unspecified atom stereocenters. The Morgan fingerprint density at radius 3 is 2.48 bits per heavy atom. The van der Waals surface area contributed by atoms with Gasteiger partial charge in [-0.3, -0.25) is 0 Å². The lowest BCUT2D eigenvalue weighted by Gasteiger charge is -2.11. The maximum Gasteiger partial charge on any atom is 0.224 e. The van der Waals surface area contributed by atoms with Crippen LogP contribution in [-0.2, 0) is 6.42 Å². The van der Waals surface area contributed by atoms with Gasteiger partial charge < -0.3 is 20.1 Å². The summed E-state index contributed by atoms with van der Waals surface area (Å²) >= 11 is 5.91. The van der Waals surface area contributed by atoms with Crippen LogP contribution in [0.2, 0.25) is 5.02 Å². The Kier molecular flexibility index (Phi) is 6.33. The minimum Gasteiger partial charge on any atom is -0.493 e. The molecule has 3 aromatic rings. The van der Waals surface area contributed by atoms with Crippen LogP contribution in [0, 0.1) is 0 Å². The summed E-state index contributed by atoms with van der Waals surface area (Å²) in [4.78, 5) is 8.73. The van der Waals surface area contributed by atoms with Crippen molar-refractivity contribution >= 4 is 29.1 Å². The lowest BCUT2D eigenvalue weighted by Crippen LogP contribution is -2.09. The quantitative estimate of drug-likeness (QED) is 0.594. The number of nitrogens with zero attached hydrogens (tertiary/aromatic N) is 2. The maximum atomic E-state index is 5.91. The number of rotatable bonds is 8. The van der Waals surface area contributed by atoms with E-state index in [1.807, 2.05) is 48.5 Å². The number of aromatic nitrogens is 2. The van der Waals surface area contributed by atoms with Crippen molar-refractivity contribution in [2.45, 2.75) is 6.42 Å². The van der Waals surface area contributed by atoms with Crippen molar-refractivity contribution in [3.63, 3.8) is 0 Å². The summed E-state index contributed by atoms with van der Waals surface area (Å²) in [5, 5.41) is 7.16. The molecule has 2 N–H and O–H groups in total. The van der Waals surface area contributed by atoms with Gasteiger partial charge in [-0.05, 0) is 54.4 Å². The van der Waals surface area contributed by atoms with Gasteiger partial charge in [-0.15, -0.1) is 0 Å². The summed E-state index contributed by atoms with van der Waals surface area (Å²) in [6.07, 6.45) is 2.52. The maximum absolute atomic E-state index is 5.91. The van der Waals surface area contributed by atoms with Gasteiger partial charge >= 0.3 is 0 Å². The number of halogens is 1. The summed E-state index contributed by atoms with van der Waals surface area (Å²) in [6, 6.07) is 15.2. The molecule has 6 nitrogen and oxygen atoms in total. The molecule has 0 bridgehead atoms. The Morgan fingerprint density at radius 2 is 1.74 bits per heavy atom. The highest BCUT2D eigenvalue weighted by Crippen LogP contribution is 2.27. The number of benzene rings is 2. The zero-order chi connectivity index (χ0) is 19.1. The molecule has 0 atom stereocenters. The Balaban J connectivity index is 1.57. The van der Waals surface area contributed by atoms with Crippen LogP contribution < -0.4 is 20.1 Å². The number of methoxy groups -OCH3 is 2. The van der Waals surface area contributed by atoms with Gasteiger partial charge in [-0.1, -0.05) is 17.7 Å². The van der Waals surface area contributed by atoms with Crippen LogP contribution in [0.1, 0.15) is 5.56 Å². The fourth-order valence-corrected chi connectivity index (χ4v) is 2.68. The lowest BCUT2D eigenvalue weighted by molar-refractivity contribution is 0.354. The van der Waals surface area contributed by atoms with E-state index in [1.54, 1.807) is 20.4 Å². The Bertz CT molecular complexity index is 887. The molecule has 0 radical (unpaired) electrons. The molecule has 0 spiro atoms. The van der Waals surface area contributed by atoms with Crippen molar-refractivity contribution in [3.05, 3.63) is 65.3 Å². The van der Waals surface area contributed by atoms with E-state index in [4.69, 9.17) is 21.1 Å². The predicted octanol–water partition coefficient (Wildman–Crippen LogP) is 4.55. The van der Waals surface area contributed by atoms with E-state index < -0.39 is 0 Å². The monoisotopic (exact) mass is 384 g/mol. The van der Waals surface area contributed by atoms with E-state index in [-0.39, 0.29) is 0 Å². The second-order valence-electron chi connectivity index (χ2n) is 5.76. The first kappa shape index (κ1) is 18.8. The van der Waals surface area contributed by atoms with Crippen LogP contribution in [-0.4, -0.2) is 30.7 Å². The first-order valence-corrected chi connectivity index (χ1v) is 8.86. The van der Waals surface area contributed by atoms with Gasteiger partial charge in [0.05, 0.1) is 14.2 Å². The zero-order valence-corrected chi connectivity index (χ0v) is 16.0. The topological polar surface area (TPSA) is 68.3 Å². The molecule has 1 aromatic heterocycles. The molecule has 27 heavy (non-hydrogen) atoms. The number of anilines is 3. The molecule has 0 aliphatic rings. The van der Waals surface area contributed by atoms with Crippen molar-refractivity contribution in [2.24, 2.45) is 0 Å². The molecule has 140 valence electrons. The largest absolute Gasteiger partial charge is 0.493 e. The minimum atomic E-state index is 0.564. The molecule has 1 heterocycles. The second kappa shape index (κ2) is 9.09. The molecule has 0 aliphatic heterocycles. The van der Waals surface area contributed by atoms with Crippen LogP contribution in [0.25, 0.3) is 0 Å². The number of nitrogens with one attached hydrogen (secondary N) is 2. The third-order valence-electron chi connectivity index (χ3n) is 3.92. The van der Waals surface area contributed by atoms with Crippen molar-refractivity contribution in [1.29, 1.82) is 0 Å². The molecule has 0 fully saturated rings. The van der Waals surface area contributed by atoms with E-state index in [9.17, 15) is 0 Å². The van der Waals surface area contributed by atoms with Crippen molar-refractivity contribution in [3.8, 4) is 11.5 Å². The van der Waals surface area contributed by atoms with Gasteiger partial charge in [0.1, 0.15) is 5.82 Å². The standard InChI is InChI=1S/C20H21ClN4O2/c1-26-17-8-3-14(13-18(17)27-2)9-11-22-20-23-12-10-19(25-20)24-16-6-4-15(21)5-7-16/h3-8,10,12-13H,9,11H2,1-2H3,(H2,22,23,24,25). The van der Waals surface area contributed by atoms with E-state index in [2.05, 4.69) is 20.6 Å². The Labute approximate surface area is 163 Å². The highest BCUT2D eigenvalue weighted by Gasteiger charge is 2.05. The first-order chi connectivity index (χ1) is 13.2. The predicted molar refractivity (Wildman–Crippen MR) is 109 cm³/mol. The van der Waals surface area contributed by atoms with Gasteiger partial charge in [0.25, 0.3) is 0 Å². The van der Waals surface area contributed by atoms with E-state index in [1.165, 1.54) is 0 Å². The third kappa shape index (κ3) is 5.24. The van der Waals surface area contributed by atoms with Crippen LogP contribution in [0.5, 0.6) is 11.5 Å². The fraction of sp³-hybridized carbons (Fsp3) is 0.200. The average Bonchev–Trinajstić information content (AvgIpc) is 2.70. The summed E-state index contributed by atoms with van der Waals surface area (Å²) < 4.78 is 10.6. The van der Waals surface area contributed by atoms with E-state index >= 15 is 0 Å².